The molecule has 0 aliphatic rings. The van der Waals surface area contributed by atoms with E-state index in [9.17, 15) is 0 Å². The highest BCUT2D eigenvalue weighted by molar-refractivity contribution is 7.71. The second kappa shape index (κ2) is 3.77. The first-order chi connectivity index (χ1) is 6.66. The van der Waals surface area contributed by atoms with Crippen LogP contribution in [0.2, 0.25) is 10.0 Å². The summed E-state index contributed by atoms with van der Waals surface area (Å²) in [7, 11) is 0. The van der Waals surface area contributed by atoms with Crippen LogP contribution in [0.4, 0.5) is 0 Å². The van der Waals surface area contributed by atoms with Crippen molar-refractivity contribution in [3.63, 3.8) is 0 Å². The molecule has 1 aromatic heterocycles. The van der Waals surface area contributed by atoms with Crippen LogP contribution in [0.25, 0.3) is 11.3 Å². The first-order valence-electron chi connectivity index (χ1n) is 3.90. The molecule has 2 rings (SSSR count). The first-order valence-corrected chi connectivity index (χ1v) is 5.06. The van der Waals surface area contributed by atoms with Gasteiger partial charge in [-0.05, 0) is 30.4 Å². The van der Waals surface area contributed by atoms with Crippen LogP contribution in [0.1, 0.15) is 0 Å². The summed E-state index contributed by atoms with van der Waals surface area (Å²) < 4.78 is 0.566. The quantitative estimate of drug-likeness (QED) is 0.730. The van der Waals surface area contributed by atoms with Crippen molar-refractivity contribution in [3.05, 3.63) is 39.2 Å². The minimum atomic E-state index is 0.566. The third-order valence-corrected chi connectivity index (χ3v) is 2.60. The zero-order chi connectivity index (χ0) is 10.1. The van der Waals surface area contributed by atoms with Gasteiger partial charge in [-0.25, -0.2) is 0 Å². The highest BCUT2D eigenvalue weighted by Crippen LogP contribution is 2.28. The van der Waals surface area contributed by atoms with Gasteiger partial charge in [-0.15, -0.1) is 0 Å². The molecule has 1 heterocycles. The summed E-state index contributed by atoms with van der Waals surface area (Å²) >= 11 is 16.8. The lowest BCUT2D eigenvalue weighted by molar-refractivity contribution is 1.27. The van der Waals surface area contributed by atoms with Crippen LogP contribution in [-0.2, 0) is 0 Å². The number of H-pyrrole nitrogens is 2. The van der Waals surface area contributed by atoms with Crippen LogP contribution in [0.3, 0.4) is 0 Å². The predicted molar refractivity (Wildman–Crippen MR) is 61.4 cm³/mol. The maximum absolute atomic E-state index is 6.01. The standard InChI is InChI=1S/C9H6Cl2N2S/c10-5-1-2-7(11)6(3-5)8-4-12-9(14)13-8/h1-4H,(H2,12,13,14). The number of imidazole rings is 1. The van der Waals surface area contributed by atoms with Gasteiger partial charge >= 0.3 is 0 Å². The Labute approximate surface area is 95.9 Å². The minimum absolute atomic E-state index is 0.566. The molecule has 2 N–H and O–H groups in total. The lowest BCUT2D eigenvalue weighted by Crippen LogP contribution is -1.79. The van der Waals surface area contributed by atoms with Crippen molar-refractivity contribution in [2.45, 2.75) is 0 Å². The van der Waals surface area contributed by atoms with Crippen molar-refractivity contribution in [1.29, 1.82) is 0 Å². The molecule has 0 aliphatic heterocycles. The number of aromatic amines is 2. The Morgan fingerprint density at radius 1 is 1.21 bits per heavy atom. The van der Waals surface area contributed by atoms with Crippen molar-refractivity contribution in [1.82, 2.24) is 9.97 Å². The van der Waals surface area contributed by atoms with E-state index in [-0.39, 0.29) is 0 Å². The van der Waals surface area contributed by atoms with Crippen molar-refractivity contribution in [3.8, 4) is 11.3 Å². The number of benzene rings is 1. The maximum atomic E-state index is 6.01. The van der Waals surface area contributed by atoms with Crippen molar-refractivity contribution >= 4 is 35.4 Å². The van der Waals surface area contributed by atoms with Gasteiger partial charge < -0.3 is 9.97 Å². The monoisotopic (exact) mass is 244 g/mol. The first kappa shape index (κ1) is 9.77. The zero-order valence-corrected chi connectivity index (χ0v) is 9.30. The summed E-state index contributed by atoms with van der Waals surface area (Å²) in [5, 5.41) is 1.28. The molecule has 14 heavy (non-hydrogen) atoms. The molecule has 0 saturated heterocycles. The topological polar surface area (TPSA) is 31.6 Å². The highest BCUT2D eigenvalue weighted by atomic mass is 35.5. The van der Waals surface area contributed by atoms with E-state index in [0.29, 0.717) is 14.8 Å². The van der Waals surface area contributed by atoms with Crippen LogP contribution in [0.15, 0.2) is 24.4 Å². The molecule has 0 radical (unpaired) electrons. The van der Waals surface area contributed by atoms with Gasteiger partial charge in [0.2, 0.25) is 0 Å². The van der Waals surface area contributed by atoms with E-state index in [1.165, 1.54) is 0 Å². The smallest absolute Gasteiger partial charge is 0.174 e. The SMILES string of the molecule is S=c1[nH]cc(-c2cc(Cl)ccc2Cl)[nH]1. The predicted octanol–water partition coefficient (Wildman–Crippen LogP) is 4.05. The third-order valence-electron chi connectivity index (χ3n) is 1.81. The van der Waals surface area contributed by atoms with Crippen LogP contribution in [0.5, 0.6) is 0 Å². The molecule has 0 spiro atoms. The van der Waals surface area contributed by atoms with E-state index in [4.69, 9.17) is 35.4 Å². The van der Waals surface area contributed by atoms with E-state index in [2.05, 4.69) is 9.97 Å². The lowest BCUT2D eigenvalue weighted by Gasteiger charge is -2.01. The summed E-state index contributed by atoms with van der Waals surface area (Å²) in [6, 6.07) is 5.29. The Morgan fingerprint density at radius 2 is 2.00 bits per heavy atom. The number of aromatic nitrogens is 2. The normalized spacial score (nSPS) is 10.4. The molecule has 0 amide bonds. The Morgan fingerprint density at radius 3 is 2.64 bits per heavy atom. The van der Waals surface area contributed by atoms with Crippen LogP contribution < -0.4 is 0 Å². The number of halogens is 2. The van der Waals surface area contributed by atoms with Crippen molar-refractivity contribution in [2.75, 3.05) is 0 Å². The molecule has 0 unspecified atom stereocenters. The molecular weight excluding hydrogens is 239 g/mol. The average molecular weight is 245 g/mol. The third kappa shape index (κ3) is 1.85. The van der Waals surface area contributed by atoms with Crippen LogP contribution in [-0.4, -0.2) is 9.97 Å². The number of hydrogen-bond acceptors (Lipinski definition) is 1. The molecule has 0 aliphatic carbocycles. The fraction of sp³-hybridized carbons (Fsp3) is 0. The van der Waals surface area contributed by atoms with Gasteiger partial charge in [-0.3, -0.25) is 0 Å². The zero-order valence-electron chi connectivity index (χ0n) is 6.97. The summed E-state index contributed by atoms with van der Waals surface area (Å²) in [5.41, 5.74) is 1.68. The Balaban J connectivity index is 2.61. The van der Waals surface area contributed by atoms with Crippen molar-refractivity contribution in [2.24, 2.45) is 0 Å². The summed E-state index contributed by atoms with van der Waals surface area (Å²) in [5.74, 6) is 0. The molecule has 2 nitrogen and oxygen atoms in total. The van der Waals surface area contributed by atoms with Gasteiger partial charge in [0.15, 0.2) is 4.77 Å². The summed E-state index contributed by atoms with van der Waals surface area (Å²) in [4.78, 5) is 5.85. The summed E-state index contributed by atoms with van der Waals surface area (Å²) in [6.07, 6.45) is 1.76. The molecule has 0 atom stereocenters. The van der Waals surface area contributed by atoms with Gasteiger partial charge in [0.05, 0.1) is 10.7 Å². The molecule has 72 valence electrons. The molecule has 0 saturated carbocycles. The van der Waals surface area contributed by atoms with E-state index >= 15 is 0 Å². The molecule has 5 heteroatoms. The number of rotatable bonds is 1. The molecule has 2 aromatic rings. The van der Waals surface area contributed by atoms with E-state index in [1.54, 1.807) is 24.4 Å². The van der Waals surface area contributed by atoms with E-state index in [1.807, 2.05) is 0 Å². The van der Waals surface area contributed by atoms with Gasteiger partial charge in [0, 0.05) is 16.8 Å². The molecule has 0 bridgehead atoms. The fourth-order valence-electron chi connectivity index (χ4n) is 1.18. The van der Waals surface area contributed by atoms with Gasteiger partial charge in [0.1, 0.15) is 0 Å². The van der Waals surface area contributed by atoms with E-state index < -0.39 is 0 Å². The Hall–Kier alpha value is -0.770. The minimum Gasteiger partial charge on any atom is -0.337 e. The second-order valence-corrected chi connectivity index (χ2v) is 4.03. The molecule has 1 aromatic carbocycles. The van der Waals surface area contributed by atoms with Gasteiger partial charge in [-0.2, -0.15) is 0 Å². The van der Waals surface area contributed by atoms with Gasteiger partial charge in [0.25, 0.3) is 0 Å². The molecule has 0 fully saturated rings. The number of nitrogens with one attached hydrogen (secondary N) is 2. The number of hydrogen-bond donors (Lipinski definition) is 2. The van der Waals surface area contributed by atoms with Crippen molar-refractivity contribution < 1.29 is 0 Å². The maximum Gasteiger partial charge on any atom is 0.174 e. The fourth-order valence-corrected chi connectivity index (χ4v) is 1.74. The Bertz CT molecular complexity index is 516. The Kier molecular flexibility index (Phi) is 2.63. The second-order valence-electron chi connectivity index (χ2n) is 2.78. The average Bonchev–Trinajstić information content (AvgIpc) is 2.56. The van der Waals surface area contributed by atoms with Crippen LogP contribution in [0, 0.1) is 4.77 Å². The van der Waals surface area contributed by atoms with Gasteiger partial charge in [-0.1, -0.05) is 23.2 Å². The van der Waals surface area contributed by atoms with E-state index in [0.717, 1.165) is 11.3 Å². The molecular formula is C9H6Cl2N2S. The van der Waals surface area contributed by atoms with Crippen LogP contribution >= 0.6 is 35.4 Å². The lowest BCUT2D eigenvalue weighted by atomic mass is 10.2. The largest absolute Gasteiger partial charge is 0.337 e. The highest BCUT2D eigenvalue weighted by Gasteiger charge is 2.05. The summed E-state index contributed by atoms with van der Waals surface area (Å²) in [6.45, 7) is 0.